The molecular formula is C20H22BrCl2N3O4S. The Morgan fingerprint density at radius 1 is 1.13 bits per heavy atom. The molecule has 2 aromatic rings. The Balaban J connectivity index is 2.40. The normalized spacial score (nSPS) is 12.2. The number of anilines is 1. The second-order valence-corrected chi connectivity index (χ2v) is 10.5. The lowest BCUT2D eigenvalue weighted by Crippen LogP contribution is -2.50. The van der Waals surface area contributed by atoms with Gasteiger partial charge in [0.1, 0.15) is 12.6 Å². The van der Waals surface area contributed by atoms with Gasteiger partial charge >= 0.3 is 0 Å². The van der Waals surface area contributed by atoms with Gasteiger partial charge in [0.25, 0.3) is 0 Å². The molecule has 0 fully saturated rings. The first-order chi connectivity index (χ1) is 14.4. The molecule has 11 heteroatoms. The largest absolute Gasteiger partial charge is 0.357 e. The highest BCUT2D eigenvalue weighted by Gasteiger charge is 2.30. The van der Waals surface area contributed by atoms with Crippen LogP contribution in [0.2, 0.25) is 10.0 Å². The predicted octanol–water partition coefficient (Wildman–Crippen LogP) is 3.69. The summed E-state index contributed by atoms with van der Waals surface area (Å²) in [5, 5.41) is 2.94. The first kappa shape index (κ1) is 25.5. The Bertz CT molecular complexity index is 1060. The smallest absolute Gasteiger partial charge is 0.244 e. The van der Waals surface area contributed by atoms with E-state index in [4.69, 9.17) is 23.2 Å². The molecule has 2 rings (SSSR count). The average Bonchev–Trinajstić information content (AvgIpc) is 2.70. The van der Waals surface area contributed by atoms with Crippen molar-refractivity contribution in [3.05, 3.63) is 62.5 Å². The minimum atomic E-state index is -3.86. The number of nitrogens with one attached hydrogen (secondary N) is 1. The summed E-state index contributed by atoms with van der Waals surface area (Å²) < 4.78 is 26.7. The first-order valence-corrected chi connectivity index (χ1v) is 12.5. The van der Waals surface area contributed by atoms with Crippen molar-refractivity contribution >= 4 is 66.7 Å². The second kappa shape index (κ2) is 10.7. The molecule has 2 amide bonds. The van der Waals surface area contributed by atoms with Crippen molar-refractivity contribution in [3.63, 3.8) is 0 Å². The zero-order chi connectivity index (χ0) is 23.3. The standard InChI is InChI=1S/C20H22BrCl2N3O4S/c1-13(20(28)24-2)25(11-14-4-6-15(21)7-5-14)19(27)12-26(31(3,29)30)18-9-8-16(22)10-17(18)23/h4-10,13H,11-12H2,1-3H3,(H,24,28)/t13-/m0/s1. The molecule has 0 saturated carbocycles. The average molecular weight is 551 g/mol. The van der Waals surface area contributed by atoms with Crippen LogP contribution in [0.15, 0.2) is 46.9 Å². The highest BCUT2D eigenvalue weighted by molar-refractivity contribution is 9.10. The fourth-order valence-corrected chi connectivity index (χ4v) is 4.54. The van der Waals surface area contributed by atoms with Crippen molar-refractivity contribution in [2.24, 2.45) is 0 Å². The highest BCUT2D eigenvalue weighted by Crippen LogP contribution is 2.30. The van der Waals surface area contributed by atoms with Gasteiger partial charge in [0.05, 0.1) is 17.0 Å². The van der Waals surface area contributed by atoms with Crippen molar-refractivity contribution in [2.45, 2.75) is 19.5 Å². The molecule has 1 N–H and O–H groups in total. The number of sulfonamides is 1. The van der Waals surface area contributed by atoms with Crippen LogP contribution >= 0.6 is 39.1 Å². The Hall–Kier alpha value is -1.81. The van der Waals surface area contributed by atoms with Gasteiger partial charge in [-0.2, -0.15) is 0 Å². The lowest BCUT2D eigenvalue weighted by Gasteiger charge is -2.31. The van der Waals surface area contributed by atoms with Gasteiger partial charge in [-0.15, -0.1) is 0 Å². The van der Waals surface area contributed by atoms with Crippen LogP contribution in [0, 0.1) is 0 Å². The number of halogens is 3. The van der Waals surface area contributed by atoms with E-state index in [-0.39, 0.29) is 23.2 Å². The molecule has 0 heterocycles. The molecule has 1 atom stereocenters. The summed E-state index contributed by atoms with van der Waals surface area (Å²) in [6.45, 7) is 1.17. The molecule has 0 aromatic heterocycles. The minimum Gasteiger partial charge on any atom is -0.357 e. The summed E-state index contributed by atoms with van der Waals surface area (Å²) in [7, 11) is -2.39. The van der Waals surface area contributed by atoms with Gasteiger partial charge in [-0.1, -0.05) is 51.3 Å². The lowest BCUT2D eigenvalue weighted by atomic mass is 10.1. The number of benzene rings is 2. The van der Waals surface area contributed by atoms with Crippen molar-refractivity contribution in [2.75, 3.05) is 24.2 Å². The maximum atomic E-state index is 13.2. The number of carbonyl (C=O) groups excluding carboxylic acids is 2. The molecule has 0 aliphatic heterocycles. The lowest BCUT2D eigenvalue weighted by molar-refractivity contribution is -0.139. The van der Waals surface area contributed by atoms with Gasteiger partial charge in [-0.25, -0.2) is 8.42 Å². The van der Waals surface area contributed by atoms with Crippen LogP contribution in [0.1, 0.15) is 12.5 Å². The van der Waals surface area contributed by atoms with Crippen LogP contribution < -0.4 is 9.62 Å². The number of hydrogen-bond donors (Lipinski definition) is 1. The van der Waals surface area contributed by atoms with E-state index < -0.39 is 28.5 Å². The maximum absolute atomic E-state index is 13.2. The fourth-order valence-electron chi connectivity index (χ4n) is 2.86. The van der Waals surface area contributed by atoms with E-state index >= 15 is 0 Å². The molecule has 0 saturated heterocycles. The molecule has 0 aliphatic carbocycles. The quantitative estimate of drug-likeness (QED) is 0.543. The fraction of sp³-hybridized carbons (Fsp3) is 0.300. The number of rotatable bonds is 8. The number of likely N-dealkylation sites (N-methyl/N-ethyl adjacent to an activating group) is 1. The minimum absolute atomic E-state index is 0.0875. The van der Waals surface area contributed by atoms with Crippen LogP contribution in [0.3, 0.4) is 0 Å². The van der Waals surface area contributed by atoms with E-state index in [0.29, 0.717) is 5.02 Å². The van der Waals surface area contributed by atoms with E-state index in [9.17, 15) is 18.0 Å². The van der Waals surface area contributed by atoms with Gasteiger partial charge in [-0.05, 0) is 42.8 Å². The topological polar surface area (TPSA) is 86.8 Å². The van der Waals surface area contributed by atoms with Crippen molar-refractivity contribution in [1.82, 2.24) is 10.2 Å². The van der Waals surface area contributed by atoms with E-state index in [1.807, 2.05) is 24.3 Å². The van der Waals surface area contributed by atoms with Gasteiger partial charge in [0.2, 0.25) is 21.8 Å². The summed E-state index contributed by atoms with van der Waals surface area (Å²) in [4.78, 5) is 26.8. The van der Waals surface area contributed by atoms with Crippen LogP contribution in [-0.2, 0) is 26.2 Å². The molecule has 0 spiro atoms. The molecule has 2 aromatic carbocycles. The van der Waals surface area contributed by atoms with Gasteiger partial charge in [0, 0.05) is 23.1 Å². The zero-order valence-electron chi connectivity index (χ0n) is 17.1. The highest BCUT2D eigenvalue weighted by atomic mass is 79.9. The number of carbonyl (C=O) groups is 2. The third-order valence-electron chi connectivity index (χ3n) is 4.54. The number of amides is 2. The SMILES string of the molecule is CNC(=O)[C@H](C)N(Cc1ccc(Br)cc1)C(=O)CN(c1ccc(Cl)cc1Cl)S(C)(=O)=O. The molecule has 0 radical (unpaired) electrons. The van der Waals surface area contributed by atoms with E-state index in [2.05, 4.69) is 21.2 Å². The van der Waals surface area contributed by atoms with E-state index in [1.54, 1.807) is 6.92 Å². The summed E-state index contributed by atoms with van der Waals surface area (Å²) in [6.07, 6.45) is 0.979. The van der Waals surface area contributed by atoms with Crippen molar-refractivity contribution < 1.29 is 18.0 Å². The molecule has 0 bridgehead atoms. The molecule has 0 unspecified atom stereocenters. The Morgan fingerprint density at radius 2 is 1.74 bits per heavy atom. The van der Waals surface area contributed by atoms with Gasteiger partial charge in [-0.3, -0.25) is 13.9 Å². The molecule has 31 heavy (non-hydrogen) atoms. The second-order valence-electron chi connectivity index (χ2n) is 6.80. The Labute approximate surface area is 200 Å². The third kappa shape index (κ3) is 6.83. The monoisotopic (exact) mass is 549 g/mol. The summed E-state index contributed by atoms with van der Waals surface area (Å²) >= 11 is 15.5. The van der Waals surface area contributed by atoms with Gasteiger partial charge < -0.3 is 10.2 Å². The predicted molar refractivity (Wildman–Crippen MR) is 127 cm³/mol. The Morgan fingerprint density at radius 3 is 2.26 bits per heavy atom. The summed E-state index contributed by atoms with van der Waals surface area (Å²) in [5.74, 6) is -0.934. The molecule has 7 nitrogen and oxygen atoms in total. The number of nitrogens with zero attached hydrogens (tertiary/aromatic N) is 2. The third-order valence-corrected chi connectivity index (χ3v) is 6.73. The van der Waals surface area contributed by atoms with E-state index in [1.165, 1.54) is 30.1 Å². The van der Waals surface area contributed by atoms with Crippen LogP contribution in [0.4, 0.5) is 5.69 Å². The van der Waals surface area contributed by atoms with E-state index in [0.717, 1.165) is 20.6 Å². The van der Waals surface area contributed by atoms with Crippen molar-refractivity contribution in [1.29, 1.82) is 0 Å². The molecule has 168 valence electrons. The Kier molecular flexibility index (Phi) is 8.76. The maximum Gasteiger partial charge on any atom is 0.244 e. The number of hydrogen-bond acceptors (Lipinski definition) is 4. The summed E-state index contributed by atoms with van der Waals surface area (Å²) in [6, 6.07) is 10.7. The van der Waals surface area contributed by atoms with Crippen LogP contribution in [-0.4, -0.2) is 51.0 Å². The zero-order valence-corrected chi connectivity index (χ0v) is 21.0. The molecule has 0 aliphatic rings. The van der Waals surface area contributed by atoms with Crippen LogP contribution in [0.25, 0.3) is 0 Å². The van der Waals surface area contributed by atoms with Crippen LogP contribution in [0.5, 0.6) is 0 Å². The summed E-state index contributed by atoms with van der Waals surface area (Å²) in [5.41, 5.74) is 0.904. The van der Waals surface area contributed by atoms with Gasteiger partial charge in [0.15, 0.2) is 0 Å². The van der Waals surface area contributed by atoms with Crippen molar-refractivity contribution in [3.8, 4) is 0 Å². The first-order valence-electron chi connectivity index (χ1n) is 9.12. The molecular weight excluding hydrogens is 529 g/mol.